The second-order valence-corrected chi connectivity index (χ2v) is 9.34. The third-order valence-electron chi connectivity index (χ3n) is 5.86. The molecule has 5 N–H and O–H groups in total. The number of benzene rings is 1. The van der Waals surface area contributed by atoms with Crippen molar-refractivity contribution in [3.63, 3.8) is 0 Å². The van der Waals surface area contributed by atoms with Crippen molar-refractivity contribution in [1.82, 2.24) is 40.1 Å². The topological polar surface area (TPSA) is 153 Å². The minimum absolute atomic E-state index is 0.351. The zero-order valence-electron chi connectivity index (χ0n) is 17.0. The number of aromatic nitrogens is 8. The molecule has 1 aromatic carbocycles. The summed E-state index contributed by atoms with van der Waals surface area (Å²) in [6.45, 7) is 2.06. The quantitative estimate of drug-likeness (QED) is 0.347. The Bertz CT molecular complexity index is 1260. The number of aromatic amines is 1. The number of aryl methyl sites for hydroxylation is 1. The number of nitrogens with one attached hydrogen (secondary N) is 1. The maximum absolute atomic E-state index is 6.74. The van der Waals surface area contributed by atoms with Gasteiger partial charge >= 0.3 is 0 Å². The largest absolute Gasteiger partial charge is 0.382 e. The van der Waals surface area contributed by atoms with E-state index in [-0.39, 0.29) is 5.54 Å². The van der Waals surface area contributed by atoms with Gasteiger partial charge in [-0.25, -0.2) is 15.0 Å². The van der Waals surface area contributed by atoms with E-state index in [0.29, 0.717) is 47.3 Å². The van der Waals surface area contributed by atoms with Gasteiger partial charge in [-0.3, -0.25) is 0 Å². The van der Waals surface area contributed by atoms with E-state index in [1.165, 1.54) is 6.33 Å². The van der Waals surface area contributed by atoms with E-state index in [0.717, 1.165) is 35.1 Å². The second kappa shape index (κ2) is 8.26. The van der Waals surface area contributed by atoms with E-state index in [4.69, 9.17) is 23.1 Å². The highest BCUT2D eigenvalue weighted by atomic mass is 79.9. The molecule has 0 radical (unpaired) electrons. The highest BCUT2D eigenvalue weighted by molar-refractivity contribution is 9.10. The van der Waals surface area contributed by atoms with Gasteiger partial charge in [0.05, 0.1) is 12.9 Å². The van der Waals surface area contributed by atoms with Gasteiger partial charge in [0, 0.05) is 45.8 Å². The Labute approximate surface area is 196 Å². The SMILES string of the molecule is Nc1ncnc2c1ncn2Cc1c(Br)cc(Cl)cc1N1CCC(N)(CCc2nn[nH]n2)C1. The molecule has 4 aromatic rings. The van der Waals surface area contributed by atoms with Gasteiger partial charge in [0.1, 0.15) is 11.8 Å². The van der Waals surface area contributed by atoms with Crippen molar-refractivity contribution in [1.29, 1.82) is 0 Å². The molecule has 13 heteroatoms. The predicted octanol–water partition coefficient (Wildman–Crippen LogP) is 1.93. The third-order valence-corrected chi connectivity index (χ3v) is 6.78. The van der Waals surface area contributed by atoms with Crippen molar-refractivity contribution < 1.29 is 0 Å². The molecule has 1 saturated heterocycles. The van der Waals surface area contributed by atoms with Crippen molar-refractivity contribution in [2.75, 3.05) is 23.7 Å². The molecule has 5 rings (SSSR count). The molecule has 166 valence electrons. The smallest absolute Gasteiger partial charge is 0.174 e. The van der Waals surface area contributed by atoms with Crippen LogP contribution in [0.4, 0.5) is 11.5 Å². The van der Waals surface area contributed by atoms with Crippen LogP contribution in [-0.2, 0) is 13.0 Å². The average molecular weight is 519 g/mol. The lowest BCUT2D eigenvalue weighted by atomic mass is 9.93. The fourth-order valence-corrected chi connectivity index (χ4v) is 5.09. The Morgan fingerprint density at radius 2 is 2.12 bits per heavy atom. The number of anilines is 2. The second-order valence-electron chi connectivity index (χ2n) is 8.05. The molecular weight excluding hydrogens is 498 g/mol. The molecule has 1 atom stereocenters. The number of imidazole rings is 1. The maximum Gasteiger partial charge on any atom is 0.174 e. The summed E-state index contributed by atoms with van der Waals surface area (Å²) in [6, 6.07) is 3.87. The number of nitrogen functional groups attached to an aromatic ring is 1. The first-order chi connectivity index (χ1) is 15.4. The van der Waals surface area contributed by atoms with E-state index < -0.39 is 0 Å². The number of hydrogen-bond acceptors (Lipinski definition) is 9. The first-order valence-electron chi connectivity index (χ1n) is 10.1. The molecule has 11 nitrogen and oxygen atoms in total. The van der Waals surface area contributed by atoms with E-state index in [2.05, 4.69) is 56.4 Å². The number of halogens is 2. The summed E-state index contributed by atoms with van der Waals surface area (Å²) < 4.78 is 2.86. The van der Waals surface area contributed by atoms with E-state index in [1.807, 2.05) is 16.7 Å². The lowest BCUT2D eigenvalue weighted by Crippen LogP contribution is -2.43. The van der Waals surface area contributed by atoms with Gasteiger partial charge in [-0.15, -0.1) is 10.2 Å². The standard InChI is InChI=1S/C19H21BrClN11/c20-13-5-11(21)6-14(12(13)7-32-10-26-16-17(22)24-9-25-18(16)32)31-4-3-19(23,8-31)2-1-15-27-29-30-28-15/h5-6,9-10H,1-4,7-8,23H2,(H2,22,24,25)(H,27,28,29,30). The first-order valence-corrected chi connectivity index (χ1v) is 11.2. The van der Waals surface area contributed by atoms with Crippen LogP contribution in [0.2, 0.25) is 5.02 Å². The van der Waals surface area contributed by atoms with E-state index in [9.17, 15) is 0 Å². The number of rotatable bonds is 6. The maximum atomic E-state index is 6.74. The van der Waals surface area contributed by atoms with Gasteiger partial charge in [0.25, 0.3) is 0 Å². The lowest BCUT2D eigenvalue weighted by Gasteiger charge is -2.27. The van der Waals surface area contributed by atoms with Crippen molar-refractivity contribution >= 4 is 50.2 Å². The molecule has 1 aliphatic heterocycles. The van der Waals surface area contributed by atoms with Gasteiger partial charge in [0.2, 0.25) is 0 Å². The average Bonchev–Trinajstić information content (AvgIpc) is 3.50. The molecule has 0 bridgehead atoms. The van der Waals surface area contributed by atoms with Crippen LogP contribution < -0.4 is 16.4 Å². The van der Waals surface area contributed by atoms with Crippen LogP contribution in [-0.4, -0.2) is 58.8 Å². The van der Waals surface area contributed by atoms with Crippen molar-refractivity contribution in [2.45, 2.75) is 31.3 Å². The lowest BCUT2D eigenvalue weighted by molar-refractivity contribution is 0.431. The molecule has 0 aliphatic carbocycles. The Hall–Kier alpha value is -2.83. The number of nitrogens with two attached hydrogens (primary N) is 2. The molecule has 0 spiro atoms. The molecule has 0 saturated carbocycles. The minimum atomic E-state index is -0.351. The minimum Gasteiger partial charge on any atom is -0.382 e. The van der Waals surface area contributed by atoms with Crippen LogP contribution in [0.1, 0.15) is 24.2 Å². The number of hydrogen-bond donors (Lipinski definition) is 3. The highest BCUT2D eigenvalue weighted by Gasteiger charge is 2.35. The van der Waals surface area contributed by atoms with Gasteiger partial charge in [-0.05, 0) is 25.0 Å². The Morgan fingerprint density at radius 1 is 1.25 bits per heavy atom. The molecular formula is C19H21BrClN11. The Kier molecular flexibility index (Phi) is 5.43. The Morgan fingerprint density at radius 3 is 2.94 bits per heavy atom. The van der Waals surface area contributed by atoms with Crippen molar-refractivity contribution in [3.8, 4) is 0 Å². The summed E-state index contributed by atoms with van der Waals surface area (Å²) >= 11 is 10.1. The zero-order chi connectivity index (χ0) is 22.3. The molecule has 4 heterocycles. The fourth-order valence-electron chi connectivity index (χ4n) is 4.17. The van der Waals surface area contributed by atoms with Crippen LogP contribution >= 0.6 is 27.5 Å². The summed E-state index contributed by atoms with van der Waals surface area (Å²) in [6.07, 6.45) is 5.47. The molecule has 1 fully saturated rings. The van der Waals surface area contributed by atoms with Crippen LogP contribution in [0.25, 0.3) is 11.2 Å². The number of fused-ring (bicyclic) bond motifs is 1. The summed E-state index contributed by atoms with van der Waals surface area (Å²) in [7, 11) is 0. The van der Waals surface area contributed by atoms with Crippen LogP contribution in [0, 0.1) is 0 Å². The van der Waals surface area contributed by atoms with Gasteiger partial charge in [-0.2, -0.15) is 5.21 Å². The number of nitrogens with zero attached hydrogens (tertiary/aromatic N) is 8. The first kappa shape index (κ1) is 21.0. The predicted molar refractivity (Wildman–Crippen MR) is 124 cm³/mol. The third kappa shape index (κ3) is 4.00. The fraction of sp³-hybridized carbons (Fsp3) is 0.368. The van der Waals surface area contributed by atoms with Crippen LogP contribution in [0.15, 0.2) is 29.3 Å². The van der Waals surface area contributed by atoms with Gasteiger partial charge in [0.15, 0.2) is 17.3 Å². The number of H-pyrrole nitrogens is 1. The summed E-state index contributed by atoms with van der Waals surface area (Å²) in [5, 5.41) is 14.8. The monoisotopic (exact) mass is 517 g/mol. The van der Waals surface area contributed by atoms with Crippen molar-refractivity contribution in [2.24, 2.45) is 5.73 Å². The Balaban J connectivity index is 1.42. The molecule has 1 unspecified atom stereocenters. The van der Waals surface area contributed by atoms with Gasteiger partial charge < -0.3 is 20.9 Å². The summed E-state index contributed by atoms with van der Waals surface area (Å²) in [5.41, 5.74) is 15.7. The normalized spacial score (nSPS) is 18.7. The number of tetrazole rings is 1. The summed E-state index contributed by atoms with van der Waals surface area (Å²) in [5.74, 6) is 1.03. The molecule has 3 aromatic heterocycles. The van der Waals surface area contributed by atoms with Crippen molar-refractivity contribution in [3.05, 3.63) is 45.7 Å². The highest BCUT2D eigenvalue weighted by Crippen LogP contribution is 2.37. The van der Waals surface area contributed by atoms with Gasteiger partial charge in [-0.1, -0.05) is 32.7 Å². The van der Waals surface area contributed by atoms with Crippen LogP contribution in [0.5, 0.6) is 0 Å². The van der Waals surface area contributed by atoms with Crippen LogP contribution in [0.3, 0.4) is 0 Å². The van der Waals surface area contributed by atoms with E-state index >= 15 is 0 Å². The summed E-state index contributed by atoms with van der Waals surface area (Å²) in [4.78, 5) is 15.0. The molecule has 1 aliphatic rings. The molecule has 0 amide bonds. The zero-order valence-corrected chi connectivity index (χ0v) is 19.4. The van der Waals surface area contributed by atoms with E-state index in [1.54, 1.807) is 6.33 Å². The molecule has 32 heavy (non-hydrogen) atoms.